The largest absolute Gasteiger partial charge is 0.444 e. The van der Waals surface area contributed by atoms with Crippen LogP contribution in [0.1, 0.15) is 46.8 Å². The van der Waals surface area contributed by atoms with Gasteiger partial charge in [0.15, 0.2) is 0 Å². The van der Waals surface area contributed by atoms with Crippen molar-refractivity contribution in [2.45, 2.75) is 44.9 Å². The molecule has 2 heterocycles. The van der Waals surface area contributed by atoms with Crippen LogP contribution in [0.2, 0.25) is 0 Å². The number of amides is 4. The van der Waals surface area contributed by atoms with Gasteiger partial charge in [0.05, 0.1) is 5.69 Å². The quantitative estimate of drug-likeness (QED) is 0.645. The smallest absolute Gasteiger partial charge is 0.412 e. The molecular weight excluding hydrogens is 455 g/mol. The number of benzene rings is 2. The van der Waals surface area contributed by atoms with Gasteiger partial charge < -0.3 is 9.64 Å². The Kier molecular flexibility index (Phi) is 6.03. The molecule has 0 aliphatic carbocycles. The van der Waals surface area contributed by atoms with Crippen molar-refractivity contribution < 1.29 is 37.1 Å². The van der Waals surface area contributed by atoms with Gasteiger partial charge in [-0.05, 0) is 35.7 Å². The van der Waals surface area contributed by atoms with Crippen LogP contribution in [0.15, 0.2) is 36.4 Å². The highest BCUT2D eigenvalue weighted by Gasteiger charge is 2.39. The van der Waals surface area contributed by atoms with Gasteiger partial charge in [0, 0.05) is 31.0 Å². The fourth-order valence-electron chi connectivity index (χ4n) is 3.88. The molecule has 1 atom stereocenters. The van der Waals surface area contributed by atoms with Crippen molar-refractivity contribution in [1.82, 2.24) is 10.2 Å². The van der Waals surface area contributed by atoms with E-state index in [1.807, 2.05) is 0 Å². The lowest BCUT2D eigenvalue weighted by Crippen LogP contribution is -2.52. The van der Waals surface area contributed by atoms with Gasteiger partial charge in [-0.25, -0.2) is 18.0 Å². The second kappa shape index (κ2) is 8.81. The van der Waals surface area contributed by atoms with Crippen molar-refractivity contribution in [1.29, 1.82) is 0 Å². The number of hydrogen-bond acceptors (Lipinski definition) is 5. The van der Waals surface area contributed by atoms with Crippen LogP contribution in [0.4, 0.5) is 23.7 Å². The fraction of sp³-hybridized carbons (Fsp3) is 0.304. The van der Waals surface area contributed by atoms with E-state index in [-0.39, 0.29) is 37.8 Å². The zero-order valence-corrected chi connectivity index (χ0v) is 18.0. The molecule has 2 aliphatic rings. The van der Waals surface area contributed by atoms with Crippen LogP contribution in [0.3, 0.4) is 0 Å². The lowest BCUT2D eigenvalue weighted by atomic mass is 10.0. The van der Waals surface area contributed by atoms with E-state index in [4.69, 9.17) is 4.74 Å². The number of carbonyl (C=O) groups excluding carboxylic acids is 4. The van der Waals surface area contributed by atoms with E-state index in [1.165, 1.54) is 11.0 Å². The minimum absolute atomic E-state index is 0.143. The van der Waals surface area contributed by atoms with Gasteiger partial charge in [-0.15, -0.1) is 0 Å². The van der Waals surface area contributed by atoms with Gasteiger partial charge in [-0.2, -0.15) is 0 Å². The molecule has 0 bridgehead atoms. The van der Waals surface area contributed by atoms with E-state index < -0.39 is 41.0 Å². The summed E-state index contributed by atoms with van der Waals surface area (Å²) in [6, 6.07) is 6.65. The molecule has 1 saturated heterocycles. The number of hydrogen-bond donors (Lipinski definition) is 2. The maximum atomic E-state index is 13.9. The summed E-state index contributed by atoms with van der Waals surface area (Å²) in [5.74, 6) is -5.39. The molecule has 11 heteroatoms. The van der Waals surface area contributed by atoms with E-state index in [1.54, 1.807) is 12.1 Å². The molecule has 8 nitrogen and oxygen atoms in total. The average Bonchev–Trinajstić information content (AvgIpc) is 3.09. The highest BCUT2D eigenvalue weighted by atomic mass is 19.3. The first-order valence-corrected chi connectivity index (χ1v) is 10.4. The lowest BCUT2D eigenvalue weighted by molar-refractivity contribution is -0.136. The van der Waals surface area contributed by atoms with Crippen LogP contribution in [-0.4, -0.2) is 34.8 Å². The summed E-state index contributed by atoms with van der Waals surface area (Å²) >= 11 is 0. The zero-order chi connectivity index (χ0) is 24.6. The van der Waals surface area contributed by atoms with Crippen molar-refractivity contribution in [3.05, 3.63) is 64.5 Å². The molecule has 4 rings (SSSR count). The number of rotatable bonds is 5. The highest BCUT2D eigenvalue weighted by molar-refractivity contribution is 6.05. The van der Waals surface area contributed by atoms with E-state index in [0.717, 1.165) is 18.2 Å². The molecule has 2 N–H and O–H groups in total. The van der Waals surface area contributed by atoms with Crippen molar-refractivity contribution >= 4 is 29.5 Å². The van der Waals surface area contributed by atoms with Gasteiger partial charge in [0.1, 0.15) is 18.5 Å². The number of alkyl halides is 2. The number of ether oxygens (including phenoxy) is 1. The number of anilines is 1. The molecule has 2 aromatic rings. The Balaban J connectivity index is 1.40. The molecular formula is C23H20F3N3O5. The monoisotopic (exact) mass is 475 g/mol. The minimum atomic E-state index is -3.22. The minimum Gasteiger partial charge on any atom is -0.444 e. The van der Waals surface area contributed by atoms with E-state index in [9.17, 15) is 32.3 Å². The standard InChI is InChI=1S/C23H20F3N3O5/c1-23(25,26)14-4-5-16(24)17(9-14)27-22(33)34-11-12-2-3-13-10-29(21(32)15(13)8-12)18-6-7-19(30)28-20(18)31/h2-5,8-9,18H,6-7,10-11H2,1H3,(H,27,33)(H,28,30,31). The molecule has 178 valence electrons. The number of fused-ring (bicyclic) bond motifs is 1. The Morgan fingerprint density at radius 2 is 1.97 bits per heavy atom. The first-order valence-electron chi connectivity index (χ1n) is 10.4. The molecule has 34 heavy (non-hydrogen) atoms. The number of piperidine rings is 1. The van der Waals surface area contributed by atoms with E-state index in [0.29, 0.717) is 23.6 Å². The summed E-state index contributed by atoms with van der Waals surface area (Å²) in [5.41, 5.74) is 0.564. The van der Waals surface area contributed by atoms with Gasteiger partial charge in [0.25, 0.3) is 11.8 Å². The van der Waals surface area contributed by atoms with Crippen molar-refractivity contribution in [2.24, 2.45) is 0 Å². The maximum Gasteiger partial charge on any atom is 0.412 e. The lowest BCUT2D eigenvalue weighted by Gasteiger charge is -2.29. The Morgan fingerprint density at radius 3 is 2.68 bits per heavy atom. The molecule has 0 aromatic heterocycles. The van der Waals surface area contributed by atoms with Gasteiger partial charge in [-0.3, -0.25) is 25.0 Å². The predicted molar refractivity (Wildman–Crippen MR) is 112 cm³/mol. The van der Waals surface area contributed by atoms with Crippen LogP contribution >= 0.6 is 0 Å². The van der Waals surface area contributed by atoms with Gasteiger partial charge >= 0.3 is 6.09 Å². The number of nitrogens with one attached hydrogen (secondary N) is 2. The van der Waals surface area contributed by atoms with Crippen LogP contribution < -0.4 is 10.6 Å². The van der Waals surface area contributed by atoms with Gasteiger partial charge in [0.2, 0.25) is 11.8 Å². The number of imide groups is 1. The summed E-state index contributed by atoms with van der Waals surface area (Å²) in [7, 11) is 0. The molecule has 0 saturated carbocycles. The second-order valence-electron chi connectivity index (χ2n) is 8.18. The summed E-state index contributed by atoms with van der Waals surface area (Å²) in [6.45, 7) is 0.592. The Hall–Kier alpha value is -3.89. The molecule has 2 aliphatic heterocycles. The highest BCUT2D eigenvalue weighted by Crippen LogP contribution is 2.30. The van der Waals surface area contributed by atoms with Crippen molar-refractivity contribution in [3.63, 3.8) is 0 Å². The summed E-state index contributed by atoms with van der Waals surface area (Å²) in [4.78, 5) is 49.8. The third-order valence-corrected chi connectivity index (χ3v) is 5.67. The maximum absolute atomic E-state index is 13.9. The number of carbonyl (C=O) groups is 4. The van der Waals surface area contributed by atoms with Crippen LogP contribution in [0, 0.1) is 5.82 Å². The molecule has 4 amide bonds. The second-order valence-corrected chi connectivity index (χ2v) is 8.18. The van der Waals surface area contributed by atoms with Crippen molar-refractivity contribution in [2.75, 3.05) is 5.32 Å². The van der Waals surface area contributed by atoms with Crippen molar-refractivity contribution in [3.8, 4) is 0 Å². The first kappa shape index (κ1) is 23.3. The fourth-order valence-corrected chi connectivity index (χ4v) is 3.88. The average molecular weight is 475 g/mol. The SMILES string of the molecule is CC(F)(F)c1ccc(F)c(NC(=O)OCc2ccc3c(c2)C(=O)N(C2CCC(=O)NC2=O)C3)c1. The van der Waals surface area contributed by atoms with Gasteiger partial charge in [-0.1, -0.05) is 18.2 Å². The number of nitrogens with zero attached hydrogens (tertiary/aromatic N) is 1. The van der Waals surface area contributed by atoms with E-state index in [2.05, 4.69) is 10.6 Å². The zero-order valence-electron chi connectivity index (χ0n) is 18.0. The summed E-state index contributed by atoms with van der Waals surface area (Å²) in [5, 5.41) is 4.32. The molecule has 1 unspecified atom stereocenters. The van der Waals surface area contributed by atoms with Crippen LogP contribution in [0.25, 0.3) is 0 Å². The third-order valence-electron chi connectivity index (χ3n) is 5.67. The summed E-state index contributed by atoms with van der Waals surface area (Å²) < 4.78 is 45.9. The number of halogens is 3. The Morgan fingerprint density at radius 1 is 1.21 bits per heavy atom. The Bertz CT molecular complexity index is 1190. The topological polar surface area (TPSA) is 105 Å². The molecule has 0 spiro atoms. The van der Waals surface area contributed by atoms with Crippen LogP contribution in [-0.2, 0) is 33.4 Å². The third kappa shape index (κ3) is 4.73. The first-order chi connectivity index (χ1) is 16.0. The molecule has 1 fully saturated rings. The normalized spacial score (nSPS) is 17.9. The summed E-state index contributed by atoms with van der Waals surface area (Å²) in [6.07, 6.45) is -0.681. The molecule has 0 radical (unpaired) electrons. The van der Waals surface area contributed by atoms with E-state index >= 15 is 0 Å². The van der Waals surface area contributed by atoms with Crippen LogP contribution in [0.5, 0.6) is 0 Å². The predicted octanol–water partition coefficient (Wildman–Crippen LogP) is 3.45. The Labute approximate surface area is 192 Å². The molecule has 2 aromatic carbocycles.